The van der Waals surface area contributed by atoms with Gasteiger partial charge in [0.1, 0.15) is 0 Å². The molecule has 1 fully saturated rings. The highest BCUT2D eigenvalue weighted by atomic mass is 16.5. The average Bonchev–Trinajstić information content (AvgIpc) is 2.45. The first-order valence-electron chi connectivity index (χ1n) is 7.00. The molecule has 0 saturated carbocycles. The fraction of sp³-hybridized carbons (Fsp3) is 0.769. The van der Waals surface area contributed by atoms with Gasteiger partial charge in [0.25, 0.3) is 0 Å². The molecule has 2 atom stereocenters. The second-order valence-electron chi connectivity index (χ2n) is 4.92. The topological polar surface area (TPSA) is 77.2 Å². The minimum atomic E-state index is 0.0447. The smallest absolute Gasteiger partial charge is 0.245 e. The SMILES string of the molecule is CCc1nnc(N2CC(C)OC(CN)C2)nc1CC. The average molecular weight is 265 g/mol. The number of rotatable bonds is 4. The quantitative estimate of drug-likeness (QED) is 0.856. The van der Waals surface area contributed by atoms with Crippen LogP contribution in [0.15, 0.2) is 0 Å². The number of nitrogens with two attached hydrogens (primary N) is 1. The van der Waals surface area contributed by atoms with E-state index in [2.05, 4.69) is 33.9 Å². The van der Waals surface area contributed by atoms with Crippen molar-refractivity contribution in [3.63, 3.8) is 0 Å². The molecule has 0 radical (unpaired) electrons. The standard InChI is InChI=1S/C13H23N5O/c1-4-11-12(5-2)16-17-13(15-11)18-7-9(3)19-10(6-14)8-18/h9-10H,4-8,14H2,1-3H3. The van der Waals surface area contributed by atoms with Gasteiger partial charge < -0.3 is 15.4 Å². The molecule has 2 N–H and O–H groups in total. The lowest BCUT2D eigenvalue weighted by Gasteiger charge is -2.36. The molecule has 106 valence electrons. The van der Waals surface area contributed by atoms with E-state index >= 15 is 0 Å². The van der Waals surface area contributed by atoms with Crippen LogP contribution in [0.2, 0.25) is 0 Å². The molecular formula is C13H23N5O. The first kappa shape index (κ1) is 14.1. The third-order valence-electron chi connectivity index (χ3n) is 3.37. The second-order valence-corrected chi connectivity index (χ2v) is 4.92. The second kappa shape index (κ2) is 6.25. The Bertz CT molecular complexity index is 425. The van der Waals surface area contributed by atoms with E-state index in [1.165, 1.54) is 0 Å². The Balaban J connectivity index is 2.21. The lowest BCUT2D eigenvalue weighted by molar-refractivity contribution is -0.0110. The number of ether oxygens (including phenoxy) is 1. The molecule has 0 amide bonds. The number of anilines is 1. The Morgan fingerprint density at radius 2 is 1.95 bits per heavy atom. The summed E-state index contributed by atoms with van der Waals surface area (Å²) in [6, 6.07) is 0. The number of aryl methyl sites for hydroxylation is 2. The zero-order chi connectivity index (χ0) is 13.8. The van der Waals surface area contributed by atoms with Gasteiger partial charge in [-0.05, 0) is 19.8 Å². The third kappa shape index (κ3) is 3.19. The van der Waals surface area contributed by atoms with Crippen LogP contribution in [0.5, 0.6) is 0 Å². The van der Waals surface area contributed by atoms with Crippen molar-refractivity contribution >= 4 is 5.95 Å². The van der Waals surface area contributed by atoms with E-state index in [0.29, 0.717) is 12.5 Å². The van der Waals surface area contributed by atoms with Crippen molar-refractivity contribution in [3.05, 3.63) is 11.4 Å². The summed E-state index contributed by atoms with van der Waals surface area (Å²) >= 11 is 0. The fourth-order valence-corrected chi connectivity index (χ4v) is 2.40. The number of aromatic nitrogens is 3. The first-order chi connectivity index (χ1) is 9.17. The van der Waals surface area contributed by atoms with Gasteiger partial charge in [0.05, 0.1) is 23.6 Å². The van der Waals surface area contributed by atoms with Gasteiger partial charge >= 0.3 is 0 Å². The van der Waals surface area contributed by atoms with Crippen LogP contribution in [-0.4, -0.2) is 47.0 Å². The van der Waals surface area contributed by atoms with Crippen molar-refractivity contribution in [2.45, 2.75) is 45.8 Å². The van der Waals surface area contributed by atoms with E-state index < -0.39 is 0 Å². The maximum atomic E-state index is 5.75. The molecule has 2 unspecified atom stereocenters. The molecule has 1 aromatic rings. The molecule has 1 aliphatic rings. The molecule has 0 aromatic carbocycles. The van der Waals surface area contributed by atoms with Gasteiger partial charge in [-0.2, -0.15) is 5.10 Å². The van der Waals surface area contributed by atoms with Crippen molar-refractivity contribution in [2.24, 2.45) is 5.73 Å². The summed E-state index contributed by atoms with van der Waals surface area (Å²) in [5.74, 6) is 0.697. The molecule has 6 nitrogen and oxygen atoms in total. The maximum absolute atomic E-state index is 5.75. The van der Waals surface area contributed by atoms with Crippen LogP contribution >= 0.6 is 0 Å². The summed E-state index contributed by atoms with van der Waals surface area (Å²) in [6.45, 7) is 8.25. The summed E-state index contributed by atoms with van der Waals surface area (Å²) in [7, 11) is 0. The Morgan fingerprint density at radius 3 is 2.58 bits per heavy atom. The van der Waals surface area contributed by atoms with Gasteiger partial charge in [-0.25, -0.2) is 4.98 Å². The van der Waals surface area contributed by atoms with Gasteiger partial charge in [-0.15, -0.1) is 5.10 Å². The lowest BCUT2D eigenvalue weighted by Crippen LogP contribution is -2.50. The van der Waals surface area contributed by atoms with Crippen LogP contribution in [0, 0.1) is 0 Å². The fourth-order valence-electron chi connectivity index (χ4n) is 2.40. The highest BCUT2D eigenvalue weighted by Gasteiger charge is 2.26. The number of hydrogen-bond donors (Lipinski definition) is 1. The summed E-state index contributed by atoms with van der Waals surface area (Å²) < 4.78 is 5.75. The molecule has 6 heteroatoms. The molecule has 1 aliphatic heterocycles. The minimum Gasteiger partial charge on any atom is -0.370 e. The molecule has 1 aromatic heterocycles. The minimum absolute atomic E-state index is 0.0447. The van der Waals surface area contributed by atoms with Crippen LogP contribution in [0.4, 0.5) is 5.95 Å². The predicted molar refractivity (Wildman–Crippen MR) is 74.2 cm³/mol. The van der Waals surface area contributed by atoms with Crippen molar-refractivity contribution in [1.82, 2.24) is 15.2 Å². The Kier molecular flexibility index (Phi) is 4.66. The molecule has 0 bridgehead atoms. The lowest BCUT2D eigenvalue weighted by atomic mass is 10.2. The van der Waals surface area contributed by atoms with Crippen molar-refractivity contribution < 1.29 is 4.74 Å². The summed E-state index contributed by atoms with van der Waals surface area (Å²) in [6.07, 6.45) is 1.94. The monoisotopic (exact) mass is 265 g/mol. The number of hydrogen-bond acceptors (Lipinski definition) is 6. The highest BCUT2D eigenvalue weighted by Crippen LogP contribution is 2.17. The third-order valence-corrected chi connectivity index (χ3v) is 3.37. The van der Waals surface area contributed by atoms with Crippen LogP contribution in [-0.2, 0) is 17.6 Å². The Morgan fingerprint density at radius 1 is 1.21 bits per heavy atom. The highest BCUT2D eigenvalue weighted by molar-refractivity contribution is 5.31. The summed E-state index contributed by atoms with van der Waals surface area (Å²) in [5.41, 5.74) is 7.73. The van der Waals surface area contributed by atoms with Gasteiger partial charge in [0.15, 0.2) is 0 Å². The van der Waals surface area contributed by atoms with Gasteiger partial charge in [0, 0.05) is 19.6 Å². The summed E-state index contributed by atoms with van der Waals surface area (Å²) in [5, 5.41) is 8.55. The molecular weight excluding hydrogens is 242 g/mol. The Labute approximate surface area is 114 Å². The molecule has 0 spiro atoms. The van der Waals surface area contributed by atoms with Crippen LogP contribution < -0.4 is 10.6 Å². The molecule has 2 rings (SSSR count). The normalized spacial score (nSPS) is 23.7. The van der Waals surface area contributed by atoms with Gasteiger partial charge in [0.2, 0.25) is 5.95 Å². The molecule has 19 heavy (non-hydrogen) atoms. The van der Waals surface area contributed by atoms with Gasteiger partial charge in [-0.1, -0.05) is 13.8 Å². The molecule has 2 heterocycles. The molecule has 1 saturated heterocycles. The number of nitrogens with zero attached hydrogens (tertiary/aromatic N) is 4. The van der Waals surface area contributed by atoms with E-state index in [1.54, 1.807) is 0 Å². The maximum Gasteiger partial charge on any atom is 0.245 e. The Hall–Kier alpha value is -1.27. The van der Waals surface area contributed by atoms with E-state index in [9.17, 15) is 0 Å². The van der Waals surface area contributed by atoms with Crippen molar-refractivity contribution in [3.8, 4) is 0 Å². The largest absolute Gasteiger partial charge is 0.370 e. The van der Waals surface area contributed by atoms with Crippen molar-refractivity contribution in [2.75, 3.05) is 24.5 Å². The van der Waals surface area contributed by atoms with Crippen LogP contribution in [0.1, 0.15) is 32.2 Å². The first-order valence-corrected chi connectivity index (χ1v) is 7.00. The predicted octanol–water partition coefficient (Wildman–Crippen LogP) is 0.549. The van der Waals surface area contributed by atoms with Gasteiger partial charge in [-0.3, -0.25) is 0 Å². The van der Waals surface area contributed by atoms with E-state index in [1.807, 2.05) is 6.92 Å². The van der Waals surface area contributed by atoms with E-state index in [-0.39, 0.29) is 12.2 Å². The zero-order valence-electron chi connectivity index (χ0n) is 12.0. The van der Waals surface area contributed by atoms with Crippen LogP contribution in [0.3, 0.4) is 0 Å². The van der Waals surface area contributed by atoms with Crippen LogP contribution in [0.25, 0.3) is 0 Å². The van der Waals surface area contributed by atoms with E-state index in [4.69, 9.17) is 10.5 Å². The molecule has 0 aliphatic carbocycles. The van der Waals surface area contributed by atoms with E-state index in [0.717, 1.165) is 37.3 Å². The zero-order valence-corrected chi connectivity index (χ0v) is 12.0. The number of morpholine rings is 1. The van der Waals surface area contributed by atoms with Crippen molar-refractivity contribution in [1.29, 1.82) is 0 Å². The summed E-state index contributed by atoms with van der Waals surface area (Å²) in [4.78, 5) is 6.77.